The molecule has 0 atom stereocenters. The van der Waals surface area contributed by atoms with Crippen LogP contribution < -0.4 is 14.8 Å². The molecular formula is C27H22Cl3N3O5S2. The molecule has 4 rings (SSSR count). The van der Waals surface area contributed by atoms with Crippen molar-refractivity contribution >= 4 is 77.8 Å². The maximum atomic E-state index is 13.1. The maximum absolute atomic E-state index is 13.1. The van der Waals surface area contributed by atoms with E-state index in [9.17, 15) is 21.6 Å². The van der Waals surface area contributed by atoms with E-state index in [1.807, 2.05) is 19.9 Å². The Morgan fingerprint density at radius 1 is 0.625 bits per heavy atom. The summed E-state index contributed by atoms with van der Waals surface area (Å²) >= 11 is 18.0. The van der Waals surface area contributed by atoms with Crippen molar-refractivity contribution in [2.24, 2.45) is 0 Å². The van der Waals surface area contributed by atoms with E-state index >= 15 is 0 Å². The molecule has 0 aliphatic heterocycles. The molecule has 0 bridgehead atoms. The third-order valence-corrected chi connectivity index (χ3v) is 9.19. The van der Waals surface area contributed by atoms with Gasteiger partial charge in [-0.3, -0.25) is 14.2 Å². The van der Waals surface area contributed by atoms with Gasteiger partial charge in [-0.2, -0.15) is 0 Å². The van der Waals surface area contributed by atoms with Crippen LogP contribution in [0.1, 0.15) is 21.5 Å². The second kappa shape index (κ2) is 11.7. The zero-order valence-electron chi connectivity index (χ0n) is 21.0. The highest BCUT2D eigenvalue weighted by atomic mass is 35.5. The maximum Gasteiger partial charge on any atom is 0.263 e. The Bertz CT molecular complexity index is 1790. The standard InChI is InChI=1S/C27H22Cl3N3O5S2/c1-16-9-17(2)11-22(10-16)33-40(37,38)26-12-18(3-8-25(26)30)27(34)31-21-4-6-24(7-5-21)39(35,36)32-23-14-19(28)13-20(29)15-23/h3-15,32-33H,1-2H3,(H,31,34). The predicted octanol–water partition coefficient (Wildman–Crippen LogP) is 7.12. The zero-order valence-corrected chi connectivity index (χ0v) is 24.9. The van der Waals surface area contributed by atoms with Crippen molar-refractivity contribution in [3.8, 4) is 0 Å². The molecule has 0 spiro atoms. The molecule has 0 heterocycles. The van der Waals surface area contributed by atoms with E-state index < -0.39 is 26.0 Å². The summed E-state index contributed by atoms with van der Waals surface area (Å²) in [7, 11) is -8.08. The summed E-state index contributed by atoms with van der Waals surface area (Å²) in [4.78, 5) is 12.6. The largest absolute Gasteiger partial charge is 0.322 e. The highest BCUT2D eigenvalue weighted by Gasteiger charge is 2.21. The summed E-state index contributed by atoms with van der Waals surface area (Å²) in [5.41, 5.74) is 2.62. The summed E-state index contributed by atoms with van der Waals surface area (Å²) in [5.74, 6) is -0.623. The molecule has 0 saturated heterocycles. The van der Waals surface area contributed by atoms with Crippen LogP contribution in [0.4, 0.5) is 17.1 Å². The molecule has 0 radical (unpaired) electrons. The van der Waals surface area contributed by atoms with Crippen LogP contribution in [0.3, 0.4) is 0 Å². The van der Waals surface area contributed by atoms with Crippen LogP contribution in [0.2, 0.25) is 15.1 Å². The van der Waals surface area contributed by atoms with Crippen LogP contribution in [-0.2, 0) is 20.0 Å². The van der Waals surface area contributed by atoms with Gasteiger partial charge >= 0.3 is 0 Å². The van der Waals surface area contributed by atoms with Crippen LogP contribution in [0, 0.1) is 13.8 Å². The van der Waals surface area contributed by atoms with Crippen molar-refractivity contribution in [1.29, 1.82) is 0 Å². The smallest absolute Gasteiger partial charge is 0.263 e. The lowest BCUT2D eigenvalue weighted by Gasteiger charge is -2.13. The van der Waals surface area contributed by atoms with E-state index in [-0.39, 0.29) is 41.8 Å². The van der Waals surface area contributed by atoms with E-state index in [0.29, 0.717) is 5.69 Å². The average Bonchev–Trinajstić information content (AvgIpc) is 2.82. The van der Waals surface area contributed by atoms with E-state index in [0.717, 1.165) is 11.1 Å². The topological polar surface area (TPSA) is 121 Å². The van der Waals surface area contributed by atoms with Gasteiger partial charge < -0.3 is 5.32 Å². The van der Waals surface area contributed by atoms with Crippen molar-refractivity contribution in [2.45, 2.75) is 23.6 Å². The fourth-order valence-corrected chi connectivity index (χ4v) is 6.98. The third-order valence-electron chi connectivity index (χ3n) is 5.49. The second-order valence-corrected chi connectivity index (χ2v) is 13.5. The summed E-state index contributed by atoms with van der Waals surface area (Å²) in [5, 5.41) is 3.09. The van der Waals surface area contributed by atoms with Gasteiger partial charge in [-0.25, -0.2) is 16.8 Å². The molecule has 1 amide bonds. The van der Waals surface area contributed by atoms with E-state index in [2.05, 4.69) is 14.8 Å². The monoisotopic (exact) mass is 637 g/mol. The van der Waals surface area contributed by atoms with Gasteiger partial charge in [-0.05, 0) is 97.8 Å². The number of benzene rings is 4. The quantitative estimate of drug-likeness (QED) is 0.190. The summed E-state index contributed by atoms with van der Waals surface area (Å²) in [6.07, 6.45) is 0. The van der Waals surface area contributed by atoms with Crippen molar-refractivity contribution in [1.82, 2.24) is 0 Å². The Morgan fingerprint density at radius 3 is 1.77 bits per heavy atom. The first-order chi connectivity index (χ1) is 18.7. The molecule has 0 unspecified atom stereocenters. The minimum Gasteiger partial charge on any atom is -0.322 e. The van der Waals surface area contributed by atoms with Crippen molar-refractivity contribution in [2.75, 3.05) is 14.8 Å². The normalized spacial score (nSPS) is 11.6. The van der Waals surface area contributed by atoms with Gasteiger partial charge in [0.15, 0.2) is 0 Å². The number of carbonyl (C=O) groups excluding carboxylic acids is 1. The lowest BCUT2D eigenvalue weighted by Crippen LogP contribution is -2.17. The first kappa shape index (κ1) is 29.7. The Morgan fingerprint density at radius 2 is 1.18 bits per heavy atom. The van der Waals surface area contributed by atoms with Gasteiger partial charge in [-0.15, -0.1) is 0 Å². The minimum atomic E-state index is -4.11. The van der Waals surface area contributed by atoms with E-state index in [4.69, 9.17) is 34.8 Å². The van der Waals surface area contributed by atoms with Gasteiger partial charge in [-0.1, -0.05) is 40.9 Å². The van der Waals surface area contributed by atoms with Crippen LogP contribution in [-0.4, -0.2) is 22.7 Å². The molecule has 4 aromatic rings. The molecule has 4 aromatic carbocycles. The molecule has 0 aromatic heterocycles. The number of sulfonamides is 2. The first-order valence-electron chi connectivity index (χ1n) is 11.5. The summed E-state index contributed by atoms with van der Waals surface area (Å²) in [6, 6.07) is 18.8. The number of carbonyl (C=O) groups is 1. The molecule has 0 saturated carbocycles. The number of hydrogen-bond donors (Lipinski definition) is 3. The highest BCUT2D eigenvalue weighted by molar-refractivity contribution is 7.93. The fraction of sp³-hybridized carbons (Fsp3) is 0.0741. The number of aryl methyl sites for hydroxylation is 2. The number of amides is 1. The number of halogens is 3. The molecule has 40 heavy (non-hydrogen) atoms. The van der Waals surface area contributed by atoms with E-state index in [1.165, 1.54) is 60.7 Å². The molecule has 0 aliphatic rings. The molecule has 208 valence electrons. The fourth-order valence-electron chi connectivity index (χ4n) is 3.84. The SMILES string of the molecule is Cc1cc(C)cc(NS(=O)(=O)c2cc(C(=O)Nc3ccc(S(=O)(=O)Nc4cc(Cl)cc(Cl)c4)cc3)ccc2Cl)c1. The molecule has 8 nitrogen and oxygen atoms in total. The predicted molar refractivity (Wildman–Crippen MR) is 160 cm³/mol. The van der Waals surface area contributed by atoms with Crippen molar-refractivity contribution in [3.63, 3.8) is 0 Å². The van der Waals surface area contributed by atoms with Gasteiger partial charge in [0.05, 0.1) is 15.6 Å². The van der Waals surface area contributed by atoms with Crippen LogP contribution in [0.25, 0.3) is 0 Å². The van der Waals surface area contributed by atoms with Gasteiger partial charge in [0.25, 0.3) is 26.0 Å². The number of anilines is 3. The van der Waals surface area contributed by atoms with Crippen LogP contribution >= 0.6 is 34.8 Å². The number of rotatable bonds is 8. The van der Waals surface area contributed by atoms with Crippen molar-refractivity contribution < 1.29 is 21.6 Å². The lowest BCUT2D eigenvalue weighted by molar-refractivity contribution is 0.102. The van der Waals surface area contributed by atoms with Gasteiger partial charge in [0.2, 0.25) is 0 Å². The minimum absolute atomic E-state index is 0.0291. The molecule has 13 heteroatoms. The Labute approximate surface area is 247 Å². The molecular weight excluding hydrogens is 617 g/mol. The number of hydrogen-bond acceptors (Lipinski definition) is 5. The average molecular weight is 639 g/mol. The van der Waals surface area contributed by atoms with Crippen LogP contribution in [0.5, 0.6) is 0 Å². The molecule has 0 fully saturated rings. The first-order valence-corrected chi connectivity index (χ1v) is 15.6. The third kappa shape index (κ3) is 7.26. The summed E-state index contributed by atoms with van der Waals surface area (Å²) in [6.45, 7) is 3.69. The Kier molecular flexibility index (Phi) is 8.67. The van der Waals surface area contributed by atoms with Crippen molar-refractivity contribution in [3.05, 3.63) is 111 Å². The summed E-state index contributed by atoms with van der Waals surface area (Å²) < 4.78 is 56.5. The number of nitrogens with one attached hydrogen (secondary N) is 3. The Balaban J connectivity index is 1.51. The Hall–Kier alpha value is -3.28. The lowest BCUT2D eigenvalue weighted by atomic mass is 10.1. The highest BCUT2D eigenvalue weighted by Crippen LogP contribution is 2.28. The second-order valence-electron chi connectivity index (χ2n) is 8.87. The van der Waals surface area contributed by atoms with Gasteiger partial charge in [0, 0.05) is 27.0 Å². The van der Waals surface area contributed by atoms with Crippen LogP contribution in [0.15, 0.2) is 88.7 Å². The van der Waals surface area contributed by atoms with E-state index in [1.54, 1.807) is 12.1 Å². The zero-order chi connectivity index (χ0) is 29.2. The molecule has 3 N–H and O–H groups in total. The van der Waals surface area contributed by atoms with Gasteiger partial charge in [0.1, 0.15) is 4.90 Å². The molecule has 0 aliphatic carbocycles.